The highest BCUT2D eigenvalue weighted by atomic mass is 16.2. The number of hydrogen-bond acceptors (Lipinski definition) is 3. The monoisotopic (exact) mass is 199 g/mol. The molecule has 0 spiro atoms. The lowest BCUT2D eigenvalue weighted by atomic mass is 10.0. The summed E-state index contributed by atoms with van der Waals surface area (Å²) >= 11 is 0. The highest BCUT2D eigenvalue weighted by molar-refractivity contribution is 5.75. The van der Waals surface area contributed by atoms with Crippen molar-refractivity contribution in [1.82, 2.24) is 10.3 Å². The van der Waals surface area contributed by atoms with E-state index < -0.39 is 0 Å². The van der Waals surface area contributed by atoms with Crippen molar-refractivity contribution in [3.05, 3.63) is 0 Å². The molecule has 0 aliphatic carbocycles. The van der Waals surface area contributed by atoms with E-state index in [1.165, 1.54) is 12.8 Å². The topological polar surface area (TPSA) is 58.4 Å². The van der Waals surface area contributed by atoms with E-state index >= 15 is 0 Å². The minimum Gasteiger partial charge on any atom is -0.300 e. The zero-order valence-corrected chi connectivity index (χ0v) is 9.12. The third kappa shape index (κ3) is 2.96. The zero-order valence-electron chi connectivity index (χ0n) is 9.12. The Labute approximate surface area is 85.8 Å². The molecule has 1 aliphatic heterocycles. The second kappa shape index (κ2) is 5.32. The van der Waals surface area contributed by atoms with Crippen LogP contribution in [0.2, 0.25) is 0 Å². The van der Waals surface area contributed by atoms with Gasteiger partial charge in [-0.2, -0.15) is 0 Å². The van der Waals surface area contributed by atoms with Gasteiger partial charge in [0, 0.05) is 19.0 Å². The molecule has 1 unspecified atom stereocenters. The lowest BCUT2D eigenvalue weighted by molar-refractivity contribution is -0.121. The van der Waals surface area contributed by atoms with E-state index in [-0.39, 0.29) is 5.91 Å². The summed E-state index contributed by atoms with van der Waals surface area (Å²) in [6.07, 6.45) is 3.04. The summed E-state index contributed by atoms with van der Waals surface area (Å²) in [5.74, 6) is 5.64. The van der Waals surface area contributed by atoms with Crippen LogP contribution in [-0.4, -0.2) is 29.9 Å². The van der Waals surface area contributed by atoms with Crippen molar-refractivity contribution in [2.75, 3.05) is 13.1 Å². The van der Waals surface area contributed by atoms with Gasteiger partial charge in [-0.25, -0.2) is 5.84 Å². The Balaban J connectivity index is 2.32. The standard InChI is InChI=1S/C10H21N3O/c1-8(2)9-4-3-6-13(9)7-5-10(14)12-11/h8-9H,3-7,11H2,1-2H3,(H,12,14). The van der Waals surface area contributed by atoms with Gasteiger partial charge < -0.3 is 0 Å². The van der Waals surface area contributed by atoms with Gasteiger partial charge in [-0.15, -0.1) is 0 Å². The van der Waals surface area contributed by atoms with Crippen molar-refractivity contribution in [2.24, 2.45) is 11.8 Å². The lowest BCUT2D eigenvalue weighted by Crippen LogP contribution is -2.38. The smallest absolute Gasteiger partial charge is 0.235 e. The number of amides is 1. The van der Waals surface area contributed by atoms with Gasteiger partial charge in [-0.05, 0) is 25.3 Å². The van der Waals surface area contributed by atoms with Crippen LogP contribution in [0.15, 0.2) is 0 Å². The molecule has 0 radical (unpaired) electrons. The maximum Gasteiger partial charge on any atom is 0.235 e. The Morgan fingerprint density at radius 1 is 1.64 bits per heavy atom. The zero-order chi connectivity index (χ0) is 10.6. The van der Waals surface area contributed by atoms with Crippen LogP contribution in [0.5, 0.6) is 0 Å². The predicted molar refractivity (Wildman–Crippen MR) is 56.4 cm³/mol. The Hall–Kier alpha value is -0.610. The fraction of sp³-hybridized carbons (Fsp3) is 0.900. The fourth-order valence-electron chi connectivity index (χ4n) is 2.20. The van der Waals surface area contributed by atoms with Crippen molar-refractivity contribution in [2.45, 2.75) is 39.2 Å². The van der Waals surface area contributed by atoms with Crippen molar-refractivity contribution in [3.63, 3.8) is 0 Å². The van der Waals surface area contributed by atoms with Crippen molar-refractivity contribution in [1.29, 1.82) is 0 Å². The minimum absolute atomic E-state index is 0.0700. The molecule has 0 aromatic rings. The van der Waals surface area contributed by atoms with E-state index in [0.29, 0.717) is 18.4 Å². The first-order valence-corrected chi connectivity index (χ1v) is 5.38. The van der Waals surface area contributed by atoms with Crippen LogP contribution in [0.4, 0.5) is 0 Å². The summed E-state index contributed by atoms with van der Waals surface area (Å²) in [5.41, 5.74) is 2.17. The number of rotatable bonds is 4. The van der Waals surface area contributed by atoms with Crippen LogP contribution in [0, 0.1) is 5.92 Å². The number of carbonyl (C=O) groups is 1. The van der Waals surface area contributed by atoms with Crippen LogP contribution in [0.1, 0.15) is 33.1 Å². The van der Waals surface area contributed by atoms with Crippen LogP contribution in [0.25, 0.3) is 0 Å². The molecule has 1 aliphatic rings. The van der Waals surface area contributed by atoms with Crippen LogP contribution >= 0.6 is 0 Å². The molecule has 82 valence electrons. The van der Waals surface area contributed by atoms with Crippen molar-refractivity contribution in [3.8, 4) is 0 Å². The summed E-state index contributed by atoms with van der Waals surface area (Å²) < 4.78 is 0. The van der Waals surface area contributed by atoms with E-state index in [1.807, 2.05) is 0 Å². The maximum atomic E-state index is 11.0. The molecule has 0 aromatic carbocycles. The molecule has 1 rings (SSSR count). The molecule has 1 saturated heterocycles. The number of hydrazine groups is 1. The molecule has 0 bridgehead atoms. The van der Waals surface area contributed by atoms with Crippen molar-refractivity contribution < 1.29 is 4.79 Å². The minimum atomic E-state index is -0.0700. The van der Waals surface area contributed by atoms with Gasteiger partial charge in [0.25, 0.3) is 0 Å². The predicted octanol–water partition coefficient (Wildman–Crippen LogP) is 0.487. The average Bonchev–Trinajstić information content (AvgIpc) is 2.62. The van der Waals surface area contributed by atoms with E-state index in [9.17, 15) is 4.79 Å². The van der Waals surface area contributed by atoms with Gasteiger partial charge in [-0.3, -0.25) is 15.1 Å². The first-order chi connectivity index (χ1) is 6.65. The molecular formula is C10H21N3O. The normalized spacial score (nSPS) is 23.0. The molecule has 4 heteroatoms. The molecule has 1 heterocycles. The summed E-state index contributed by atoms with van der Waals surface area (Å²) in [7, 11) is 0. The van der Waals surface area contributed by atoms with Crippen LogP contribution in [0.3, 0.4) is 0 Å². The van der Waals surface area contributed by atoms with Crippen LogP contribution < -0.4 is 11.3 Å². The number of nitrogens with zero attached hydrogens (tertiary/aromatic N) is 1. The third-order valence-electron chi connectivity index (χ3n) is 2.97. The Kier molecular flexibility index (Phi) is 4.35. The van der Waals surface area contributed by atoms with Gasteiger partial charge >= 0.3 is 0 Å². The van der Waals surface area contributed by atoms with Crippen LogP contribution in [-0.2, 0) is 4.79 Å². The largest absolute Gasteiger partial charge is 0.300 e. The van der Waals surface area contributed by atoms with E-state index in [0.717, 1.165) is 13.1 Å². The number of nitrogens with one attached hydrogen (secondary N) is 1. The van der Waals surface area contributed by atoms with E-state index in [4.69, 9.17) is 5.84 Å². The molecule has 4 nitrogen and oxygen atoms in total. The number of nitrogens with two attached hydrogens (primary N) is 1. The van der Waals surface area contributed by atoms with Gasteiger partial charge in [-0.1, -0.05) is 13.8 Å². The van der Waals surface area contributed by atoms with Gasteiger partial charge in [0.05, 0.1) is 0 Å². The highest BCUT2D eigenvalue weighted by Gasteiger charge is 2.26. The average molecular weight is 199 g/mol. The number of hydrogen-bond donors (Lipinski definition) is 2. The molecular weight excluding hydrogens is 178 g/mol. The summed E-state index contributed by atoms with van der Waals surface area (Å²) in [6.45, 7) is 6.45. The maximum absolute atomic E-state index is 11.0. The summed E-state index contributed by atoms with van der Waals surface area (Å²) in [5, 5.41) is 0. The highest BCUT2D eigenvalue weighted by Crippen LogP contribution is 2.23. The molecule has 14 heavy (non-hydrogen) atoms. The van der Waals surface area contributed by atoms with Gasteiger partial charge in [0.2, 0.25) is 5.91 Å². The third-order valence-corrected chi connectivity index (χ3v) is 2.97. The van der Waals surface area contributed by atoms with E-state index in [1.54, 1.807) is 0 Å². The first kappa shape index (κ1) is 11.5. The Morgan fingerprint density at radius 3 is 2.93 bits per heavy atom. The molecule has 0 saturated carbocycles. The number of likely N-dealkylation sites (tertiary alicyclic amines) is 1. The fourth-order valence-corrected chi connectivity index (χ4v) is 2.20. The summed E-state index contributed by atoms with van der Waals surface area (Å²) in [6, 6.07) is 0.653. The second-order valence-corrected chi connectivity index (χ2v) is 4.31. The molecule has 0 aromatic heterocycles. The molecule has 1 fully saturated rings. The molecule has 1 atom stereocenters. The quantitative estimate of drug-likeness (QED) is 0.393. The Morgan fingerprint density at radius 2 is 2.36 bits per heavy atom. The molecule has 1 amide bonds. The summed E-state index contributed by atoms with van der Waals surface area (Å²) in [4.78, 5) is 13.4. The van der Waals surface area contributed by atoms with Crippen molar-refractivity contribution >= 4 is 5.91 Å². The SMILES string of the molecule is CC(C)C1CCCN1CCC(=O)NN. The van der Waals surface area contributed by atoms with E-state index in [2.05, 4.69) is 24.2 Å². The van der Waals surface area contributed by atoms with Gasteiger partial charge in [0.1, 0.15) is 0 Å². The van der Waals surface area contributed by atoms with Gasteiger partial charge in [0.15, 0.2) is 0 Å². The Bertz CT molecular complexity index is 194. The molecule has 3 N–H and O–H groups in total. The number of carbonyl (C=O) groups excluding carboxylic acids is 1. The first-order valence-electron chi connectivity index (χ1n) is 5.38. The second-order valence-electron chi connectivity index (χ2n) is 4.31. The lowest BCUT2D eigenvalue weighted by Gasteiger charge is -2.27.